The smallest absolute Gasteiger partial charge is 0.261 e. The molecule has 1 amide bonds. The zero-order valence-electron chi connectivity index (χ0n) is 14.6. The summed E-state index contributed by atoms with van der Waals surface area (Å²) in [6.45, 7) is 0. The molecule has 0 spiro atoms. The predicted molar refractivity (Wildman–Crippen MR) is 113 cm³/mol. The second kappa shape index (κ2) is 7.70. The number of amides is 1. The first-order valence-corrected chi connectivity index (χ1v) is 9.35. The Morgan fingerprint density at radius 1 is 0.893 bits per heavy atom. The van der Waals surface area contributed by atoms with E-state index in [4.69, 9.17) is 4.74 Å². The van der Waals surface area contributed by atoms with E-state index in [1.54, 1.807) is 36.4 Å². The van der Waals surface area contributed by atoms with Crippen molar-refractivity contribution in [2.45, 2.75) is 0 Å². The van der Waals surface area contributed by atoms with Crippen LogP contribution < -0.4 is 15.6 Å². The number of pyridine rings is 1. The zero-order chi connectivity index (χ0) is 19.5. The molecule has 0 aliphatic heterocycles. The van der Waals surface area contributed by atoms with Crippen molar-refractivity contribution in [1.82, 2.24) is 4.98 Å². The Morgan fingerprint density at radius 2 is 1.54 bits per heavy atom. The highest BCUT2D eigenvalue weighted by molar-refractivity contribution is 9.10. The van der Waals surface area contributed by atoms with Gasteiger partial charge in [0.1, 0.15) is 17.1 Å². The van der Waals surface area contributed by atoms with Gasteiger partial charge < -0.3 is 15.0 Å². The number of halogens is 1. The number of hydrogen-bond donors (Lipinski definition) is 2. The lowest BCUT2D eigenvalue weighted by atomic mass is 10.1. The van der Waals surface area contributed by atoms with E-state index in [2.05, 4.69) is 26.2 Å². The van der Waals surface area contributed by atoms with Gasteiger partial charge in [-0.15, -0.1) is 0 Å². The highest BCUT2D eigenvalue weighted by atomic mass is 79.9. The van der Waals surface area contributed by atoms with Gasteiger partial charge >= 0.3 is 0 Å². The lowest BCUT2D eigenvalue weighted by molar-refractivity contribution is 0.102. The first-order valence-electron chi connectivity index (χ1n) is 8.55. The summed E-state index contributed by atoms with van der Waals surface area (Å²) in [6.07, 6.45) is 0. The quantitative estimate of drug-likeness (QED) is 0.455. The largest absolute Gasteiger partial charge is 0.457 e. The average molecular weight is 435 g/mol. The fraction of sp³-hybridized carbons (Fsp3) is 0. The summed E-state index contributed by atoms with van der Waals surface area (Å²) in [5.41, 5.74) is 0.902. The summed E-state index contributed by atoms with van der Waals surface area (Å²) in [5.74, 6) is 0.889. The standard InChI is InChI=1S/C22H15BrN2O3/c23-15-5-9-17(10-6-15)28-18-11-7-16(8-12-18)24-21(26)19-13-14-3-1-2-4-20(14)25-22(19)27/h1-13H,(H,24,26)(H,25,27). The van der Waals surface area contributed by atoms with Crippen molar-refractivity contribution in [3.05, 3.63) is 99.3 Å². The molecule has 5 nitrogen and oxygen atoms in total. The summed E-state index contributed by atoms with van der Waals surface area (Å²) in [7, 11) is 0. The highest BCUT2D eigenvalue weighted by Gasteiger charge is 2.12. The fourth-order valence-electron chi connectivity index (χ4n) is 2.76. The van der Waals surface area contributed by atoms with Crippen LogP contribution in [0.5, 0.6) is 11.5 Å². The summed E-state index contributed by atoms with van der Waals surface area (Å²) < 4.78 is 6.73. The van der Waals surface area contributed by atoms with Crippen LogP contribution in [0.3, 0.4) is 0 Å². The Morgan fingerprint density at radius 3 is 2.25 bits per heavy atom. The van der Waals surface area contributed by atoms with Gasteiger partial charge in [0.25, 0.3) is 11.5 Å². The lowest BCUT2D eigenvalue weighted by Crippen LogP contribution is -2.22. The van der Waals surface area contributed by atoms with Crippen LogP contribution in [0.1, 0.15) is 10.4 Å². The second-order valence-corrected chi connectivity index (χ2v) is 7.05. The number of aromatic nitrogens is 1. The van der Waals surface area contributed by atoms with E-state index < -0.39 is 11.5 Å². The number of benzene rings is 3. The molecule has 0 unspecified atom stereocenters. The topological polar surface area (TPSA) is 71.2 Å². The lowest BCUT2D eigenvalue weighted by Gasteiger charge is -2.08. The van der Waals surface area contributed by atoms with E-state index in [0.717, 1.165) is 9.86 Å². The number of nitrogens with one attached hydrogen (secondary N) is 2. The number of anilines is 1. The van der Waals surface area contributed by atoms with Crippen molar-refractivity contribution in [2.24, 2.45) is 0 Å². The first kappa shape index (κ1) is 18.0. The first-order chi connectivity index (χ1) is 13.6. The van der Waals surface area contributed by atoms with Gasteiger partial charge in [-0.3, -0.25) is 9.59 Å². The molecular weight excluding hydrogens is 420 g/mol. The van der Waals surface area contributed by atoms with E-state index in [-0.39, 0.29) is 5.56 Å². The van der Waals surface area contributed by atoms with E-state index in [9.17, 15) is 9.59 Å². The van der Waals surface area contributed by atoms with Crippen molar-refractivity contribution in [3.8, 4) is 11.5 Å². The molecule has 28 heavy (non-hydrogen) atoms. The summed E-state index contributed by atoms with van der Waals surface area (Å²) in [6, 6.07) is 23.4. The number of carbonyl (C=O) groups excluding carboxylic acids is 1. The Bertz CT molecular complexity index is 1200. The maximum Gasteiger partial charge on any atom is 0.261 e. The maximum absolute atomic E-state index is 12.5. The van der Waals surface area contributed by atoms with Crippen molar-refractivity contribution < 1.29 is 9.53 Å². The van der Waals surface area contributed by atoms with Crippen molar-refractivity contribution in [3.63, 3.8) is 0 Å². The number of carbonyl (C=O) groups is 1. The molecule has 0 fully saturated rings. The van der Waals surface area contributed by atoms with Crippen LogP contribution in [0, 0.1) is 0 Å². The minimum absolute atomic E-state index is 0.0638. The molecule has 1 aromatic heterocycles. The molecule has 0 aliphatic carbocycles. The molecule has 2 N–H and O–H groups in total. The molecule has 4 aromatic rings. The highest BCUT2D eigenvalue weighted by Crippen LogP contribution is 2.24. The van der Waals surface area contributed by atoms with Crippen LogP contribution in [0.15, 0.2) is 88.1 Å². The zero-order valence-corrected chi connectivity index (χ0v) is 16.2. The average Bonchev–Trinajstić information content (AvgIpc) is 2.70. The number of hydrogen-bond acceptors (Lipinski definition) is 3. The van der Waals surface area contributed by atoms with Crippen LogP contribution >= 0.6 is 15.9 Å². The van der Waals surface area contributed by atoms with E-state index in [1.165, 1.54) is 0 Å². The number of fused-ring (bicyclic) bond motifs is 1. The minimum Gasteiger partial charge on any atom is -0.457 e. The Kier molecular flexibility index (Phi) is 4.95. The van der Waals surface area contributed by atoms with Crippen LogP contribution in [0.4, 0.5) is 5.69 Å². The molecule has 0 saturated carbocycles. The number of rotatable bonds is 4. The number of ether oxygens (including phenoxy) is 1. The summed E-state index contributed by atoms with van der Waals surface area (Å²) in [5, 5.41) is 3.54. The summed E-state index contributed by atoms with van der Waals surface area (Å²) in [4.78, 5) is 27.5. The van der Waals surface area contributed by atoms with Crippen LogP contribution in [-0.4, -0.2) is 10.9 Å². The number of para-hydroxylation sites is 1. The van der Waals surface area contributed by atoms with Crippen molar-refractivity contribution >= 4 is 38.4 Å². The third-order valence-electron chi connectivity index (χ3n) is 4.16. The van der Waals surface area contributed by atoms with Gasteiger partial charge in [0.15, 0.2) is 0 Å². The van der Waals surface area contributed by atoms with E-state index in [1.807, 2.05) is 42.5 Å². The molecule has 138 valence electrons. The van der Waals surface area contributed by atoms with Gasteiger partial charge in [-0.2, -0.15) is 0 Å². The molecule has 0 atom stereocenters. The Balaban J connectivity index is 1.49. The third-order valence-corrected chi connectivity index (χ3v) is 4.69. The van der Waals surface area contributed by atoms with E-state index in [0.29, 0.717) is 22.7 Å². The van der Waals surface area contributed by atoms with Crippen molar-refractivity contribution in [1.29, 1.82) is 0 Å². The van der Waals surface area contributed by atoms with Gasteiger partial charge in [0, 0.05) is 15.7 Å². The molecule has 0 saturated heterocycles. The molecule has 4 rings (SSSR count). The Labute approximate surface area is 169 Å². The van der Waals surface area contributed by atoms with Crippen LogP contribution in [0.25, 0.3) is 10.9 Å². The van der Waals surface area contributed by atoms with Crippen molar-refractivity contribution in [2.75, 3.05) is 5.32 Å². The third kappa shape index (κ3) is 3.97. The Hall–Kier alpha value is -3.38. The molecule has 0 radical (unpaired) electrons. The van der Waals surface area contributed by atoms with Gasteiger partial charge in [0.2, 0.25) is 0 Å². The van der Waals surface area contributed by atoms with Crippen LogP contribution in [0.2, 0.25) is 0 Å². The second-order valence-electron chi connectivity index (χ2n) is 6.13. The number of aromatic amines is 1. The minimum atomic E-state index is -0.464. The molecule has 0 bridgehead atoms. The van der Waals surface area contributed by atoms with Gasteiger partial charge in [-0.1, -0.05) is 34.1 Å². The molecule has 0 aliphatic rings. The van der Waals surface area contributed by atoms with Crippen LogP contribution in [-0.2, 0) is 0 Å². The van der Waals surface area contributed by atoms with Gasteiger partial charge in [-0.25, -0.2) is 0 Å². The monoisotopic (exact) mass is 434 g/mol. The van der Waals surface area contributed by atoms with Gasteiger partial charge in [0.05, 0.1) is 0 Å². The normalized spacial score (nSPS) is 10.6. The number of H-pyrrole nitrogens is 1. The molecular formula is C22H15BrN2O3. The predicted octanol–water partition coefficient (Wildman–Crippen LogP) is 5.34. The fourth-order valence-corrected chi connectivity index (χ4v) is 3.02. The SMILES string of the molecule is O=C(Nc1ccc(Oc2ccc(Br)cc2)cc1)c1cc2ccccc2[nH]c1=O. The van der Waals surface area contributed by atoms with Gasteiger partial charge in [-0.05, 0) is 66.0 Å². The maximum atomic E-state index is 12.5. The molecule has 3 aromatic carbocycles. The molecule has 1 heterocycles. The summed E-state index contributed by atoms with van der Waals surface area (Å²) >= 11 is 3.38. The molecule has 6 heteroatoms. The van der Waals surface area contributed by atoms with E-state index >= 15 is 0 Å².